The van der Waals surface area contributed by atoms with Crippen molar-refractivity contribution in [2.75, 3.05) is 18.2 Å². The van der Waals surface area contributed by atoms with Gasteiger partial charge in [0.1, 0.15) is 23.3 Å². The Kier molecular flexibility index (Phi) is 6.21. The van der Waals surface area contributed by atoms with Crippen molar-refractivity contribution in [1.82, 2.24) is 25.1 Å². The molecule has 0 bridgehead atoms. The molecule has 1 fully saturated rings. The Labute approximate surface area is 219 Å². The van der Waals surface area contributed by atoms with E-state index >= 15 is 0 Å². The average molecular weight is 538 g/mol. The van der Waals surface area contributed by atoms with Gasteiger partial charge in [0.05, 0.1) is 13.2 Å². The number of hydrogen-bond donors (Lipinski definition) is 3. The lowest BCUT2D eigenvalue weighted by Crippen LogP contribution is -2.29. The number of amides is 2. The molecule has 1 aliphatic carbocycles. The van der Waals surface area contributed by atoms with E-state index in [4.69, 9.17) is 10.5 Å². The number of halogens is 3. The maximum Gasteiger partial charge on any atom is 0.283 e. The van der Waals surface area contributed by atoms with E-state index in [1.54, 1.807) is 25.1 Å². The van der Waals surface area contributed by atoms with E-state index in [0.29, 0.717) is 39.2 Å². The predicted molar refractivity (Wildman–Crippen MR) is 137 cm³/mol. The normalized spacial score (nSPS) is 15.6. The largest absolute Gasteiger partial charge is 0.496 e. The number of hydrogen-bond acceptors (Lipinski definition) is 7. The van der Waals surface area contributed by atoms with E-state index in [2.05, 4.69) is 32.4 Å². The summed E-state index contributed by atoms with van der Waals surface area (Å²) in [4.78, 5) is 28.4. The molecule has 2 aromatic carbocycles. The number of aryl methyl sites for hydroxylation is 1. The van der Waals surface area contributed by atoms with Crippen molar-refractivity contribution in [1.29, 1.82) is 0 Å². The molecule has 0 radical (unpaired) electrons. The summed E-state index contributed by atoms with van der Waals surface area (Å²) in [5, 5.41) is 13.5. The number of carbonyl (C=O) groups excluding carboxylic acids is 2. The lowest BCUT2D eigenvalue weighted by Gasteiger charge is -2.13. The Morgan fingerprint density at radius 3 is 2.62 bits per heavy atom. The van der Waals surface area contributed by atoms with Gasteiger partial charge in [-0.3, -0.25) is 9.59 Å². The fourth-order valence-electron chi connectivity index (χ4n) is 4.22. The predicted octanol–water partition coefficient (Wildman–Crippen LogP) is 3.92. The molecule has 2 heterocycles. The molecule has 13 heteroatoms. The fourth-order valence-corrected chi connectivity index (χ4v) is 4.22. The van der Waals surface area contributed by atoms with Gasteiger partial charge in [0, 0.05) is 34.9 Å². The molecule has 39 heavy (non-hydrogen) atoms. The van der Waals surface area contributed by atoms with Crippen molar-refractivity contribution >= 4 is 28.8 Å². The zero-order valence-corrected chi connectivity index (χ0v) is 20.8. The number of ether oxygens (including phenoxy) is 1. The van der Waals surface area contributed by atoms with Crippen LogP contribution in [0.3, 0.4) is 0 Å². The summed E-state index contributed by atoms with van der Waals surface area (Å²) in [7, 11) is 1.42. The molecule has 2 aromatic heterocycles. The van der Waals surface area contributed by atoms with Crippen molar-refractivity contribution in [3.63, 3.8) is 0 Å². The number of benzene rings is 2. The molecule has 0 saturated heterocycles. The molecule has 1 unspecified atom stereocenters. The first-order valence-corrected chi connectivity index (χ1v) is 11.6. The van der Waals surface area contributed by atoms with E-state index in [1.807, 2.05) is 0 Å². The van der Waals surface area contributed by atoms with Crippen LogP contribution in [0.25, 0.3) is 27.9 Å². The second kappa shape index (κ2) is 9.42. The summed E-state index contributed by atoms with van der Waals surface area (Å²) in [6, 6.07) is 8.37. The number of aromatic nitrogens is 4. The van der Waals surface area contributed by atoms with Crippen LogP contribution in [0.2, 0.25) is 0 Å². The first-order chi connectivity index (χ1) is 18.5. The van der Waals surface area contributed by atoms with Gasteiger partial charge in [0.2, 0.25) is 0 Å². The molecule has 1 aliphatic rings. The van der Waals surface area contributed by atoms with Gasteiger partial charge in [-0.05, 0) is 36.2 Å². The van der Waals surface area contributed by atoms with Gasteiger partial charge >= 0.3 is 0 Å². The van der Waals surface area contributed by atoms with E-state index < -0.39 is 29.6 Å². The van der Waals surface area contributed by atoms with Crippen molar-refractivity contribution in [3.8, 4) is 28.1 Å². The number of alkyl halides is 2. The second-order valence-electron chi connectivity index (χ2n) is 9.00. The van der Waals surface area contributed by atoms with E-state index in [-0.39, 0.29) is 23.5 Å². The summed E-state index contributed by atoms with van der Waals surface area (Å²) < 4.78 is 46.6. The number of nitrogens with two attached hydrogens (primary N) is 1. The SMILES string of the molecule is C=C(F)C(=O)Nc1ccc(-c2nn3ncnc(N)c3c2-c2ccc(C(=O)NC3CC3(F)F)c(C)c2)c(OC)c1. The molecule has 4 aromatic rings. The van der Waals surface area contributed by atoms with Crippen molar-refractivity contribution in [2.45, 2.75) is 25.3 Å². The highest BCUT2D eigenvalue weighted by molar-refractivity contribution is 6.03. The van der Waals surface area contributed by atoms with Crippen LogP contribution in [0.4, 0.5) is 24.7 Å². The zero-order valence-electron chi connectivity index (χ0n) is 20.8. The second-order valence-corrected chi connectivity index (χ2v) is 9.00. The first-order valence-electron chi connectivity index (χ1n) is 11.6. The van der Waals surface area contributed by atoms with Crippen molar-refractivity contribution in [3.05, 3.63) is 66.3 Å². The van der Waals surface area contributed by atoms with Crippen LogP contribution in [-0.4, -0.2) is 50.7 Å². The monoisotopic (exact) mass is 537 g/mol. The molecular formula is C26H22F3N7O3. The summed E-state index contributed by atoms with van der Waals surface area (Å²) in [5.41, 5.74) is 9.62. The zero-order chi connectivity index (χ0) is 28.1. The molecule has 1 saturated carbocycles. The van der Waals surface area contributed by atoms with Gasteiger partial charge in [0.15, 0.2) is 11.6 Å². The van der Waals surface area contributed by atoms with Crippen LogP contribution in [0.1, 0.15) is 22.3 Å². The number of rotatable bonds is 7. The number of nitrogens with one attached hydrogen (secondary N) is 2. The van der Waals surface area contributed by atoms with Crippen LogP contribution in [0.15, 0.2) is 55.1 Å². The van der Waals surface area contributed by atoms with Crippen LogP contribution < -0.4 is 21.1 Å². The number of fused-ring (bicyclic) bond motifs is 1. The summed E-state index contributed by atoms with van der Waals surface area (Å²) >= 11 is 0. The molecule has 4 N–H and O–H groups in total. The Balaban J connectivity index is 1.60. The van der Waals surface area contributed by atoms with Gasteiger partial charge in [-0.25, -0.2) is 18.2 Å². The third-order valence-corrected chi connectivity index (χ3v) is 6.32. The topological polar surface area (TPSA) is 137 Å². The highest BCUT2D eigenvalue weighted by atomic mass is 19.3. The third kappa shape index (κ3) is 4.74. The van der Waals surface area contributed by atoms with Crippen molar-refractivity contribution < 1.29 is 27.5 Å². The van der Waals surface area contributed by atoms with Crippen LogP contribution in [0.5, 0.6) is 5.75 Å². The van der Waals surface area contributed by atoms with Crippen LogP contribution >= 0.6 is 0 Å². The number of carbonyl (C=O) groups is 2. The summed E-state index contributed by atoms with van der Waals surface area (Å²) in [6.07, 6.45) is 0.864. The smallest absolute Gasteiger partial charge is 0.283 e. The quantitative estimate of drug-likeness (QED) is 0.304. The minimum Gasteiger partial charge on any atom is -0.496 e. The number of anilines is 2. The summed E-state index contributed by atoms with van der Waals surface area (Å²) in [6.45, 7) is 4.66. The Bertz CT molecular complexity index is 1670. The Hall–Kier alpha value is -4.94. The molecule has 2 amide bonds. The maximum absolute atomic E-state index is 13.3. The number of nitrogens with zero attached hydrogens (tertiary/aromatic N) is 4. The molecule has 200 valence electrons. The lowest BCUT2D eigenvalue weighted by molar-refractivity contribution is -0.114. The highest BCUT2D eigenvalue weighted by Crippen LogP contribution is 2.43. The number of nitrogen functional groups attached to an aromatic ring is 1. The molecule has 0 aliphatic heterocycles. The molecule has 1 atom stereocenters. The minimum atomic E-state index is -2.88. The Morgan fingerprint density at radius 2 is 1.97 bits per heavy atom. The fraction of sp³-hybridized carbons (Fsp3) is 0.192. The van der Waals surface area contributed by atoms with E-state index in [9.17, 15) is 22.8 Å². The first kappa shape index (κ1) is 25.7. The van der Waals surface area contributed by atoms with E-state index in [1.165, 1.54) is 36.3 Å². The standard InChI is InChI=1S/C26H22F3N7O3/c1-12-8-14(4-6-16(12)25(38)34-19-10-26(19,28)29)20-21(35-36-22(20)23(30)31-11-32-36)17-7-5-15(9-18(17)39-3)33-24(37)13(2)27/h4-9,11,19H,2,10H2,1,3H3,(H,33,37)(H,34,38)(H2,30,31,32). The molecule has 5 rings (SSSR count). The van der Waals surface area contributed by atoms with Gasteiger partial charge in [-0.1, -0.05) is 18.7 Å². The van der Waals surface area contributed by atoms with Gasteiger partial charge in [0.25, 0.3) is 17.7 Å². The molecule has 10 nitrogen and oxygen atoms in total. The van der Waals surface area contributed by atoms with Gasteiger partial charge in [-0.15, -0.1) is 14.8 Å². The van der Waals surface area contributed by atoms with E-state index in [0.717, 1.165) is 0 Å². The highest BCUT2D eigenvalue weighted by Gasteiger charge is 2.57. The third-order valence-electron chi connectivity index (χ3n) is 6.32. The molecule has 0 spiro atoms. The van der Waals surface area contributed by atoms with Gasteiger partial charge < -0.3 is 21.1 Å². The van der Waals surface area contributed by atoms with Crippen LogP contribution in [-0.2, 0) is 4.79 Å². The average Bonchev–Trinajstić information content (AvgIpc) is 3.30. The lowest BCUT2D eigenvalue weighted by atomic mass is 9.95. The van der Waals surface area contributed by atoms with Crippen LogP contribution in [0, 0.1) is 6.92 Å². The molecular weight excluding hydrogens is 515 g/mol. The maximum atomic E-state index is 13.3. The minimum absolute atomic E-state index is 0.137. The van der Waals surface area contributed by atoms with Crippen molar-refractivity contribution in [2.24, 2.45) is 0 Å². The number of methoxy groups -OCH3 is 1. The Morgan fingerprint density at radius 1 is 1.23 bits per heavy atom. The van der Waals surface area contributed by atoms with Gasteiger partial charge in [-0.2, -0.15) is 0 Å². The summed E-state index contributed by atoms with van der Waals surface area (Å²) in [5.74, 6) is -5.19.